The minimum Gasteiger partial charge on any atom is -0.406 e. The topological polar surface area (TPSA) is 38.3 Å². The number of ether oxygens (including phenoxy) is 1. The summed E-state index contributed by atoms with van der Waals surface area (Å²) in [6.07, 6.45) is -4.77. The van der Waals surface area contributed by atoms with Crippen LogP contribution in [0.15, 0.2) is 42.5 Å². The monoisotopic (exact) mass is 349 g/mol. The third-order valence-electron chi connectivity index (χ3n) is 2.53. The Morgan fingerprint density at radius 1 is 1.00 bits per heavy atom. The van der Waals surface area contributed by atoms with Gasteiger partial charge in [0, 0.05) is 11.3 Å². The van der Waals surface area contributed by atoms with Crippen molar-refractivity contribution >= 4 is 34.8 Å². The van der Waals surface area contributed by atoms with Gasteiger partial charge in [0.2, 0.25) is 0 Å². The zero-order valence-corrected chi connectivity index (χ0v) is 12.3. The van der Waals surface area contributed by atoms with Crippen molar-refractivity contribution in [3.8, 4) is 5.75 Å². The smallest absolute Gasteiger partial charge is 0.406 e. The molecule has 2 aromatic rings. The fraction of sp³-hybridized carbons (Fsp3) is 0.0714. The number of benzene rings is 2. The van der Waals surface area contributed by atoms with Crippen LogP contribution in [0.3, 0.4) is 0 Å². The lowest BCUT2D eigenvalue weighted by Crippen LogP contribution is -2.17. The van der Waals surface area contributed by atoms with Gasteiger partial charge < -0.3 is 10.1 Å². The molecule has 1 N–H and O–H groups in total. The average Bonchev–Trinajstić information content (AvgIpc) is 2.42. The zero-order valence-electron chi connectivity index (χ0n) is 10.7. The maximum absolute atomic E-state index is 12.0. The molecule has 0 saturated carbocycles. The first kappa shape index (κ1) is 16.5. The van der Waals surface area contributed by atoms with Crippen molar-refractivity contribution < 1.29 is 22.7 Å². The predicted octanol–water partition coefficient (Wildman–Crippen LogP) is 5.14. The maximum Gasteiger partial charge on any atom is 0.573 e. The summed E-state index contributed by atoms with van der Waals surface area (Å²) in [5, 5.41) is 3.16. The highest BCUT2D eigenvalue weighted by atomic mass is 35.5. The Kier molecular flexibility index (Phi) is 4.83. The van der Waals surface area contributed by atoms with Crippen LogP contribution in [0.1, 0.15) is 10.4 Å². The van der Waals surface area contributed by atoms with Gasteiger partial charge in [0.15, 0.2) is 0 Å². The van der Waals surface area contributed by atoms with E-state index in [0.717, 1.165) is 12.1 Å². The SMILES string of the molecule is O=C(Nc1ccc(Cl)c(Cl)c1)c1ccc(OC(F)(F)F)cc1. The molecule has 8 heteroatoms. The molecule has 0 spiro atoms. The normalized spacial score (nSPS) is 11.1. The largest absolute Gasteiger partial charge is 0.573 e. The molecule has 2 aromatic carbocycles. The standard InChI is InChI=1S/C14H8Cl2F3NO2/c15-11-6-3-9(7-12(11)16)20-13(21)8-1-4-10(5-2-8)22-14(17,18)19/h1-7H,(H,20,21). The van der Waals surface area contributed by atoms with Crippen LogP contribution in [0.5, 0.6) is 5.75 Å². The van der Waals surface area contributed by atoms with Crippen LogP contribution in [0.25, 0.3) is 0 Å². The van der Waals surface area contributed by atoms with Crippen molar-refractivity contribution in [2.75, 3.05) is 5.32 Å². The summed E-state index contributed by atoms with van der Waals surface area (Å²) in [5.41, 5.74) is 0.579. The Morgan fingerprint density at radius 3 is 2.18 bits per heavy atom. The molecular weight excluding hydrogens is 342 g/mol. The van der Waals surface area contributed by atoms with E-state index in [-0.39, 0.29) is 10.6 Å². The molecular formula is C14H8Cl2F3NO2. The lowest BCUT2D eigenvalue weighted by Gasteiger charge is -2.10. The third-order valence-corrected chi connectivity index (χ3v) is 3.27. The molecule has 22 heavy (non-hydrogen) atoms. The van der Waals surface area contributed by atoms with E-state index in [0.29, 0.717) is 10.7 Å². The van der Waals surface area contributed by atoms with Crippen LogP contribution in [-0.2, 0) is 0 Å². The van der Waals surface area contributed by atoms with Crippen LogP contribution in [-0.4, -0.2) is 12.3 Å². The van der Waals surface area contributed by atoms with Gasteiger partial charge in [0.05, 0.1) is 10.0 Å². The van der Waals surface area contributed by atoms with Crippen molar-refractivity contribution in [1.82, 2.24) is 0 Å². The highest BCUT2D eigenvalue weighted by Gasteiger charge is 2.31. The number of nitrogens with one attached hydrogen (secondary N) is 1. The molecule has 0 aliphatic carbocycles. The van der Waals surface area contributed by atoms with E-state index >= 15 is 0 Å². The van der Waals surface area contributed by atoms with E-state index in [1.165, 1.54) is 24.3 Å². The number of rotatable bonds is 3. The number of halogens is 5. The number of amides is 1. The molecule has 3 nitrogen and oxygen atoms in total. The number of hydrogen-bond acceptors (Lipinski definition) is 2. The third kappa shape index (κ3) is 4.54. The van der Waals surface area contributed by atoms with Crippen molar-refractivity contribution in [2.24, 2.45) is 0 Å². The van der Waals surface area contributed by atoms with Gasteiger partial charge in [0.1, 0.15) is 5.75 Å². The van der Waals surface area contributed by atoms with Crippen LogP contribution in [0, 0.1) is 0 Å². The molecule has 0 aliphatic rings. The summed E-state index contributed by atoms with van der Waals surface area (Å²) in [6.45, 7) is 0. The second-order valence-electron chi connectivity index (χ2n) is 4.16. The second kappa shape index (κ2) is 6.46. The summed E-state index contributed by atoms with van der Waals surface area (Å²) < 4.78 is 39.8. The zero-order chi connectivity index (χ0) is 16.3. The first-order chi connectivity index (χ1) is 10.2. The molecule has 0 aliphatic heterocycles. The highest BCUT2D eigenvalue weighted by molar-refractivity contribution is 6.42. The quantitative estimate of drug-likeness (QED) is 0.832. The summed E-state index contributed by atoms with van der Waals surface area (Å²) in [5.74, 6) is -0.907. The molecule has 0 saturated heterocycles. The fourth-order valence-corrected chi connectivity index (χ4v) is 1.88. The summed E-state index contributed by atoms with van der Waals surface area (Å²) in [7, 11) is 0. The molecule has 0 fully saturated rings. The van der Waals surface area contributed by atoms with E-state index in [2.05, 4.69) is 10.1 Å². The first-order valence-electron chi connectivity index (χ1n) is 5.87. The predicted molar refractivity (Wildman–Crippen MR) is 77.5 cm³/mol. The Balaban J connectivity index is 2.08. The average molecular weight is 350 g/mol. The summed E-state index contributed by atoms with van der Waals surface area (Å²) in [6, 6.07) is 9.06. The van der Waals surface area contributed by atoms with Crippen LogP contribution < -0.4 is 10.1 Å². The molecule has 116 valence electrons. The summed E-state index contributed by atoms with van der Waals surface area (Å²) in [4.78, 5) is 12.0. The Hall–Kier alpha value is -1.92. The number of alkyl halides is 3. The van der Waals surface area contributed by atoms with Gasteiger partial charge in [-0.1, -0.05) is 23.2 Å². The molecule has 0 atom stereocenters. The van der Waals surface area contributed by atoms with Gasteiger partial charge in [-0.2, -0.15) is 0 Å². The number of carbonyl (C=O) groups is 1. The molecule has 0 aromatic heterocycles. The van der Waals surface area contributed by atoms with E-state index in [4.69, 9.17) is 23.2 Å². The van der Waals surface area contributed by atoms with Crippen molar-refractivity contribution in [3.05, 3.63) is 58.1 Å². The number of anilines is 1. The number of hydrogen-bond donors (Lipinski definition) is 1. The van der Waals surface area contributed by atoms with Crippen LogP contribution >= 0.6 is 23.2 Å². The van der Waals surface area contributed by atoms with Crippen molar-refractivity contribution in [3.63, 3.8) is 0 Å². The van der Waals surface area contributed by atoms with Gasteiger partial charge in [0.25, 0.3) is 5.91 Å². The van der Waals surface area contributed by atoms with Gasteiger partial charge in [-0.3, -0.25) is 4.79 Å². The molecule has 1 amide bonds. The minimum absolute atomic E-state index is 0.167. The minimum atomic E-state index is -4.77. The van der Waals surface area contributed by atoms with Gasteiger partial charge in [-0.05, 0) is 42.5 Å². The molecule has 0 unspecified atom stereocenters. The lowest BCUT2D eigenvalue weighted by molar-refractivity contribution is -0.274. The molecule has 0 radical (unpaired) electrons. The second-order valence-corrected chi connectivity index (χ2v) is 4.97. The number of carbonyl (C=O) groups excluding carboxylic acids is 1. The van der Waals surface area contributed by atoms with Gasteiger partial charge in [-0.15, -0.1) is 13.2 Å². The first-order valence-corrected chi connectivity index (χ1v) is 6.62. The Morgan fingerprint density at radius 2 is 1.64 bits per heavy atom. The van der Waals surface area contributed by atoms with E-state index < -0.39 is 18.0 Å². The maximum atomic E-state index is 12.0. The lowest BCUT2D eigenvalue weighted by atomic mass is 10.2. The van der Waals surface area contributed by atoms with E-state index in [1.54, 1.807) is 6.07 Å². The molecule has 2 rings (SSSR count). The van der Waals surface area contributed by atoms with Crippen molar-refractivity contribution in [2.45, 2.75) is 6.36 Å². The van der Waals surface area contributed by atoms with Crippen molar-refractivity contribution in [1.29, 1.82) is 0 Å². The van der Waals surface area contributed by atoms with Gasteiger partial charge in [-0.25, -0.2) is 0 Å². The fourth-order valence-electron chi connectivity index (χ4n) is 1.59. The summed E-state index contributed by atoms with van der Waals surface area (Å²) >= 11 is 11.6. The van der Waals surface area contributed by atoms with Gasteiger partial charge >= 0.3 is 6.36 Å². The molecule has 0 heterocycles. The Labute approximate surface area is 133 Å². The van der Waals surface area contributed by atoms with E-state index in [1.807, 2.05) is 0 Å². The Bertz CT molecular complexity index is 687. The van der Waals surface area contributed by atoms with E-state index in [9.17, 15) is 18.0 Å². The van der Waals surface area contributed by atoms with Crippen LogP contribution in [0.2, 0.25) is 10.0 Å². The highest BCUT2D eigenvalue weighted by Crippen LogP contribution is 2.26. The van der Waals surface area contributed by atoms with Crippen LogP contribution in [0.4, 0.5) is 18.9 Å². The molecule has 0 bridgehead atoms.